The maximum atomic E-state index is 6.22. The summed E-state index contributed by atoms with van der Waals surface area (Å²) in [7, 11) is 0. The first kappa shape index (κ1) is 13.9. The molecule has 0 radical (unpaired) electrons. The Labute approximate surface area is 134 Å². The van der Waals surface area contributed by atoms with Gasteiger partial charge in [-0.3, -0.25) is 0 Å². The van der Waals surface area contributed by atoms with Gasteiger partial charge in [0.25, 0.3) is 0 Å². The van der Waals surface area contributed by atoms with Crippen LogP contribution in [0.3, 0.4) is 0 Å². The molecule has 0 atom stereocenters. The van der Waals surface area contributed by atoms with Crippen molar-refractivity contribution in [3.8, 4) is 0 Å². The fraction of sp³-hybridized carbons (Fsp3) is 0.562. The van der Waals surface area contributed by atoms with E-state index in [9.17, 15) is 0 Å². The van der Waals surface area contributed by atoms with Gasteiger partial charge in [0.15, 0.2) is 0 Å². The number of benzene rings is 1. The molecule has 1 aliphatic heterocycles. The van der Waals surface area contributed by atoms with E-state index in [-0.39, 0.29) is 0 Å². The molecule has 3 nitrogen and oxygen atoms in total. The average molecular weight is 324 g/mol. The molecule has 0 bridgehead atoms. The molecule has 1 aliphatic carbocycles. The standard InChI is InChI=1S/C16H19Cl2N3/c17-12-7-14-15(8-13(12)18)21(16(20-14)11-1-2-11)9-10-3-5-19-6-4-10/h7-8,10-11,19H,1-6,9H2. The first-order valence-corrected chi connectivity index (χ1v) is 8.54. The fourth-order valence-electron chi connectivity index (χ4n) is 3.31. The number of imidazole rings is 1. The molecule has 2 fully saturated rings. The highest BCUT2D eigenvalue weighted by molar-refractivity contribution is 6.42. The molecule has 2 heterocycles. The molecule has 1 saturated heterocycles. The topological polar surface area (TPSA) is 29.9 Å². The van der Waals surface area contributed by atoms with Crippen LogP contribution in [0.4, 0.5) is 0 Å². The first-order valence-electron chi connectivity index (χ1n) is 7.78. The number of aromatic nitrogens is 2. The molecule has 0 amide bonds. The molecule has 0 spiro atoms. The Morgan fingerprint density at radius 1 is 1.10 bits per heavy atom. The molecule has 21 heavy (non-hydrogen) atoms. The molecule has 1 saturated carbocycles. The van der Waals surface area contributed by atoms with Crippen molar-refractivity contribution < 1.29 is 0 Å². The summed E-state index contributed by atoms with van der Waals surface area (Å²) in [5.41, 5.74) is 2.13. The largest absolute Gasteiger partial charge is 0.327 e. The highest BCUT2D eigenvalue weighted by Gasteiger charge is 2.30. The average Bonchev–Trinajstić information content (AvgIpc) is 3.27. The monoisotopic (exact) mass is 323 g/mol. The summed E-state index contributed by atoms with van der Waals surface area (Å²) in [6.07, 6.45) is 5.00. The number of fused-ring (bicyclic) bond motifs is 1. The van der Waals surface area contributed by atoms with Crippen molar-refractivity contribution >= 4 is 34.2 Å². The zero-order chi connectivity index (χ0) is 14.4. The number of hydrogen-bond acceptors (Lipinski definition) is 2. The highest BCUT2D eigenvalue weighted by Crippen LogP contribution is 2.42. The van der Waals surface area contributed by atoms with E-state index < -0.39 is 0 Å². The van der Waals surface area contributed by atoms with Gasteiger partial charge >= 0.3 is 0 Å². The van der Waals surface area contributed by atoms with Crippen molar-refractivity contribution in [2.45, 2.75) is 38.1 Å². The SMILES string of the molecule is Clc1cc2nc(C3CC3)n(CC3CCNCC3)c2cc1Cl. The molecular weight excluding hydrogens is 305 g/mol. The van der Waals surface area contributed by atoms with Crippen molar-refractivity contribution in [3.63, 3.8) is 0 Å². The fourth-order valence-corrected chi connectivity index (χ4v) is 3.62. The molecule has 1 N–H and O–H groups in total. The molecule has 2 aromatic rings. The minimum Gasteiger partial charge on any atom is -0.327 e. The third-order valence-electron chi connectivity index (χ3n) is 4.66. The van der Waals surface area contributed by atoms with Crippen LogP contribution in [0.5, 0.6) is 0 Å². The number of halogens is 2. The van der Waals surface area contributed by atoms with E-state index in [0.29, 0.717) is 16.0 Å². The second kappa shape index (κ2) is 5.45. The van der Waals surface area contributed by atoms with Crippen LogP contribution in [0.1, 0.15) is 37.4 Å². The predicted molar refractivity (Wildman–Crippen MR) is 87.3 cm³/mol. The van der Waals surface area contributed by atoms with E-state index in [1.807, 2.05) is 12.1 Å². The second-order valence-corrected chi connectivity index (χ2v) is 7.12. The number of piperidine rings is 1. The van der Waals surface area contributed by atoms with E-state index in [1.54, 1.807) is 0 Å². The Bertz CT molecular complexity index is 670. The third-order valence-corrected chi connectivity index (χ3v) is 5.38. The summed E-state index contributed by atoms with van der Waals surface area (Å²) >= 11 is 12.4. The van der Waals surface area contributed by atoms with Crippen LogP contribution in [-0.2, 0) is 6.54 Å². The minimum atomic E-state index is 0.595. The van der Waals surface area contributed by atoms with Crippen molar-refractivity contribution in [2.75, 3.05) is 13.1 Å². The predicted octanol–water partition coefficient (Wildman–Crippen LogP) is 4.22. The molecule has 112 valence electrons. The van der Waals surface area contributed by atoms with Gasteiger partial charge < -0.3 is 9.88 Å². The van der Waals surface area contributed by atoms with E-state index in [2.05, 4.69) is 9.88 Å². The maximum Gasteiger partial charge on any atom is 0.113 e. The Morgan fingerprint density at radius 2 is 1.81 bits per heavy atom. The third kappa shape index (κ3) is 2.67. The number of rotatable bonds is 3. The van der Waals surface area contributed by atoms with Crippen LogP contribution < -0.4 is 5.32 Å². The Morgan fingerprint density at radius 3 is 2.52 bits per heavy atom. The van der Waals surface area contributed by atoms with Crippen molar-refractivity contribution in [3.05, 3.63) is 28.0 Å². The highest BCUT2D eigenvalue weighted by atomic mass is 35.5. The smallest absolute Gasteiger partial charge is 0.113 e. The maximum absolute atomic E-state index is 6.22. The van der Waals surface area contributed by atoms with Crippen molar-refractivity contribution in [2.24, 2.45) is 5.92 Å². The molecule has 1 aromatic carbocycles. The zero-order valence-electron chi connectivity index (χ0n) is 11.9. The normalized spacial score (nSPS) is 20.3. The zero-order valence-corrected chi connectivity index (χ0v) is 13.4. The lowest BCUT2D eigenvalue weighted by molar-refractivity contribution is 0.333. The van der Waals surface area contributed by atoms with Crippen molar-refractivity contribution in [1.82, 2.24) is 14.9 Å². The molecule has 4 rings (SSSR count). The Balaban J connectivity index is 1.76. The molecule has 5 heteroatoms. The van der Waals surface area contributed by atoms with Crippen LogP contribution in [0.15, 0.2) is 12.1 Å². The summed E-state index contributed by atoms with van der Waals surface area (Å²) in [5, 5.41) is 4.65. The van der Waals surface area contributed by atoms with Gasteiger partial charge in [0.05, 0.1) is 21.1 Å². The quantitative estimate of drug-likeness (QED) is 0.916. The number of nitrogens with one attached hydrogen (secondary N) is 1. The van der Waals surface area contributed by atoms with Gasteiger partial charge in [-0.2, -0.15) is 0 Å². The van der Waals surface area contributed by atoms with E-state index in [0.717, 1.165) is 36.6 Å². The van der Waals surface area contributed by atoms with Gasteiger partial charge in [-0.05, 0) is 56.8 Å². The second-order valence-electron chi connectivity index (χ2n) is 6.30. The summed E-state index contributed by atoms with van der Waals surface area (Å²) in [6.45, 7) is 3.31. The number of hydrogen-bond donors (Lipinski definition) is 1. The van der Waals surface area contributed by atoms with Gasteiger partial charge in [0.2, 0.25) is 0 Å². The van der Waals surface area contributed by atoms with Crippen LogP contribution >= 0.6 is 23.2 Å². The summed E-state index contributed by atoms with van der Waals surface area (Å²) in [4.78, 5) is 4.85. The minimum absolute atomic E-state index is 0.595. The lowest BCUT2D eigenvalue weighted by Gasteiger charge is -2.24. The summed E-state index contributed by atoms with van der Waals surface area (Å²) in [6, 6.07) is 3.89. The summed E-state index contributed by atoms with van der Waals surface area (Å²) < 4.78 is 2.41. The van der Waals surface area contributed by atoms with Crippen LogP contribution in [0.2, 0.25) is 10.0 Å². The van der Waals surface area contributed by atoms with E-state index >= 15 is 0 Å². The van der Waals surface area contributed by atoms with Crippen LogP contribution in [-0.4, -0.2) is 22.6 Å². The molecule has 0 unspecified atom stereocenters. The van der Waals surface area contributed by atoms with Gasteiger partial charge in [0, 0.05) is 12.5 Å². The van der Waals surface area contributed by atoms with Gasteiger partial charge in [-0.15, -0.1) is 0 Å². The van der Waals surface area contributed by atoms with Crippen LogP contribution in [0.25, 0.3) is 11.0 Å². The van der Waals surface area contributed by atoms with Gasteiger partial charge in [-0.1, -0.05) is 23.2 Å². The van der Waals surface area contributed by atoms with Crippen LogP contribution in [0, 0.1) is 5.92 Å². The van der Waals surface area contributed by atoms with E-state index in [4.69, 9.17) is 28.2 Å². The van der Waals surface area contributed by atoms with E-state index in [1.165, 1.54) is 31.5 Å². The van der Waals surface area contributed by atoms with Gasteiger partial charge in [-0.25, -0.2) is 4.98 Å². The molecule has 1 aromatic heterocycles. The molecule has 2 aliphatic rings. The summed E-state index contributed by atoms with van der Waals surface area (Å²) in [5.74, 6) is 2.61. The lowest BCUT2D eigenvalue weighted by Crippen LogP contribution is -2.30. The Hall–Kier alpha value is -0.770. The van der Waals surface area contributed by atoms with Crippen molar-refractivity contribution in [1.29, 1.82) is 0 Å². The first-order chi connectivity index (χ1) is 10.2. The number of nitrogens with zero attached hydrogens (tertiary/aromatic N) is 2. The Kier molecular flexibility index (Phi) is 3.60. The molecular formula is C16H19Cl2N3. The lowest BCUT2D eigenvalue weighted by atomic mass is 9.98. The van der Waals surface area contributed by atoms with Gasteiger partial charge in [0.1, 0.15) is 5.82 Å².